The second kappa shape index (κ2) is 9.41. The van der Waals surface area contributed by atoms with Gasteiger partial charge in [0.1, 0.15) is 0 Å². The number of nitrogens with one attached hydrogen (secondary N) is 3. The van der Waals surface area contributed by atoms with Crippen molar-refractivity contribution in [3.8, 4) is 0 Å². The van der Waals surface area contributed by atoms with Crippen LogP contribution in [0.2, 0.25) is 0 Å². The van der Waals surface area contributed by atoms with Crippen LogP contribution in [0.25, 0.3) is 10.9 Å². The fourth-order valence-corrected chi connectivity index (χ4v) is 3.67. The molecule has 0 amide bonds. The molecule has 6 heteroatoms. The Morgan fingerprint density at radius 1 is 1.07 bits per heavy atom. The summed E-state index contributed by atoms with van der Waals surface area (Å²) in [4.78, 5) is 19.3. The molecule has 3 N–H and O–H groups in total. The highest BCUT2D eigenvalue weighted by atomic mass is 32.1. The maximum Gasteiger partial charge on any atom is 0.253 e. The molecule has 1 aromatic heterocycles. The number of thiocarbonyl (C=S) groups is 1. The van der Waals surface area contributed by atoms with Gasteiger partial charge in [-0.3, -0.25) is 4.79 Å². The van der Waals surface area contributed by atoms with E-state index < -0.39 is 0 Å². The minimum absolute atomic E-state index is 0.0588. The van der Waals surface area contributed by atoms with Crippen LogP contribution >= 0.6 is 12.2 Å². The second-order valence-corrected chi connectivity index (χ2v) is 8.67. The zero-order valence-corrected chi connectivity index (χ0v) is 19.2. The first-order valence-corrected chi connectivity index (χ1v) is 10.7. The molecule has 3 aromatic rings. The first-order valence-electron chi connectivity index (χ1n) is 10.3. The average Bonchev–Trinajstić information content (AvgIpc) is 2.70. The summed E-state index contributed by atoms with van der Waals surface area (Å²) in [7, 11) is 4.23. The number of benzene rings is 2. The number of aryl methyl sites for hydroxylation is 3. The van der Waals surface area contributed by atoms with Crippen molar-refractivity contribution in [2.75, 3.05) is 32.5 Å². The Labute approximate surface area is 183 Å². The predicted octanol–water partition coefficient (Wildman–Crippen LogP) is 2.80. The van der Waals surface area contributed by atoms with Crippen molar-refractivity contribution < 1.29 is 4.90 Å². The van der Waals surface area contributed by atoms with Crippen LogP contribution < -0.4 is 15.8 Å². The van der Waals surface area contributed by atoms with Gasteiger partial charge in [-0.15, -0.1) is 0 Å². The highest BCUT2D eigenvalue weighted by Crippen LogP contribution is 2.20. The van der Waals surface area contributed by atoms with E-state index in [1.807, 2.05) is 31.2 Å². The fourth-order valence-electron chi connectivity index (χ4n) is 3.39. The number of likely N-dealkylation sites (N-methyl/N-ethyl adjacent to an activating group) is 1. The van der Waals surface area contributed by atoms with Gasteiger partial charge in [0.05, 0.1) is 39.2 Å². The molecule has 1 heterocycles. The Bertz CT molecular complexity index is 1100. The number of aromatic nitrogens is 1. The molecule has 0 atom stereocenters. The summed E-state index contributed by atoms with van der Waals surface area (Å²) in [6, 6.07) is 14.3. The molecule has 2 aromatic carbocycles. The van der Waals surface area contributed by atoms with Crippen molar-refractivity contribution in [3.63, 3.8) is 0 Å². The summed E-state index contributed by atoms with van der Waals surface area (Å²) in [5.74, 6) is 0. The van der Waals surface area contributed by atoms with Crippen LogP contribution in [0.5, 0.6) is 0 Å². The van der Waals surface area contributed by atoms with E-state index in [0.717, 1.165) is 46.4 Å². The summed E-state index contributed by atoms with van der Waals surface area (Å²) in [6.45, 7) is 8.28. The number of hydrogen-bond donors (Lipinski definition) is 3. The summed E-state index contributed by atoms with van der Waals surface area (Å²) in [5.41, 5.74) is 5.95. The fraction of sp³-hybridized carbons (Fsp3) is 0.333. The quantitative estimate of drug-likeness (QED) is 0.534. The molecule has 0 aliphatic heterocycles. The number of nitrogens with zero attached hydrogens (tertiary/aromatic N) is 1. The number of anilines is 1. The molecule has 0 aliphatic carbocycles. The van der Waals surface area contributed by atoms with Crippen LogP contribution in [0.1, 0.15) is 22.3 Å². The highest BCUT2D eigenvalue weighted by Gasteiger charge is 2.16. The molecule has 30 heavy (non-hydrogen) atoms. The minimum atomic E-state index is -0.0588. The summed E-state index contributed by atoms with van der Waals surface area (Å²) < 4.78 is 0. The number of hydrogen-bond acceptors (Lipinski definition) is 2. The third-order valence-corrected chi connectivity index (χ3v) is 5.71. The third kappa shape index (κ3) is 5.26. The lowest BCUT2D eigenvalue weighted by molar-refractivity contribution is -0.857. The number of quaternary nitrogens is 1. The van der Waals surface area contributed by atoms with Gasteiger partial charge in [0.25, 0.3) is 5.56 Å². The largest absolute Gasteiger partial charge is 0.339 e. The number of H-pyrrole nitrogens is 1. The van der Waals surface area contributed by atoms with Crippen molar-refractivity contribution in [2.24, 2.45) is 0 Å². The van der Waals surface area contributed by atoms with E-state index in [2.05, 4.69) is 61.3 Å². The van der Waals surface area contributed by atoms with E-state index in [9.17, 15) is 4.79 Å². The van der Waals surface area contributed by atoms with E-state index in [-0.39, 0.29) is 5.56 Å². The first kappa shape index (κ1) is 22.0. The van der Waals surface area contributed by atoms with E-state index >= 15 is 0 Å². The number of pyridine rings is 1. The molecule has 0 radical (unpaired) electrons. The second-order valence-electron chi connectivity index (χ2n) is 8.29. The van der Waals surface area contributed by atoms with Gasteiger partial charge in [-0.1, -0.05) is 29.8 Å². The van der Waals surface area contributed by atoms with Gasteiger partial charge < -0.3 is 20.1 Å². The van der Waals surface area contributed by atoms with Gasteiger partial charge in [-0.2, -0.15) is 0 Å². The van der Waals surface area contributed by atoms with Gasteiger partial charge >= 0.3 is 0 Å². The van der Waals surface area contributed by atoms with Crippen molar-refractivity contribution >= 4 is 33.9 Å². The summed E-state index contributed by atoms with van der Waals surface area (Å²) >= 11 is 5.72. The normalized spacial score (nSPS) is 11.1. The van der Waals surface area contributed by atoms with E-state index in [4.69, 9.17) is 12.2 Å². The maximum absolute atomic E-state index is 12.8. The highest BCUT2D eigenvalue weighted by molar-refractivity contribution is 7.80. The van der Waals surface area contributed by atoms with Crippen molar-refractivity contribution in [3.05, 3.63) is 75.1 Å². The lowest BCUT2D eigenvalue weighted by atomic mass is 10.0. The van der Waals surface area contributed by atoms with Gasteiger partial charge in [-0.25, -0.2) is 0 Å². The number of fused-ring (bicyclic) bond motifs is 1. The summed E-state index contributed by atoms with van der Waals surface area (Å²) in [5, 5.41) is 5.04. The Hall–Kier alpha value is -2.70. The lowest BCUT2D eigenvalue weighted by Gasteiger charge is -2.26. The van der Waals surface area contributed by atoms with Crippen LogP contribution in [0.4, 0.5) is 5.69 Å². The van der Waals surface area contributed by atoms with Gasteiger partial charge in [0.15, 0.2) is 5.11 Å². The minimum Gasteiger partial charge on any atom is -0.339 e. The third-order valence-electron chi connectivity index (χ3n) is 5.35. The molecule has 0 spiro atoms. The van der Waals surface area contributed by atoms with Crippen molar-refractivity contribution in [2.45, 2.75) is 27.3 Å². The molecular formula is C24H31N4OS+. The van der Waals surface area contributed by atoms with Crippen molar-refractivity contribution in [1.82, 2.24) is 9.88 Å². The Kier molecular flexibility index (Phi) is 6.90. The molecular weight excluding hydrogens is 392 g/mol. The van der Waals surface area contributed by atoms with Gasteiger partial charge in [0, 0.05) is 16.6 Å². The molecule has 5 nitrogen and oxygen atoms in total. The molecule has 0 saturated carbocycles. The average molecular weight is 424 g/mol. The van der Waals surface area contributed by atoms with Crippen LogP contribution in [0.15, 0.2) is 47.3 Å². The van der Waals surface area contributed by atoms with E-state index in [1.165, 1.54) is 10.5 Å². The van der Waals surface area contributed by atoms with Crippen LogP contribution in [0.3, 0.4) is 0 Å². The molecule has 158 valence electrons. The standard InChI is InChI=1S/C24H30N4OS/c1-16-6-10-20(11-7-16)25-24(30)28(13-12-27(4)5)15-19-14-21-17(2)8-9-18(3)22(21)26-23(19)29/h6-11,14H,12-13,15H2,1-5H3,(H,25,30)(H,26,29)/p+1. The first-order chi connectivity index (χ1) is 14.2. The Morgan fingerprint density at radius 2 is 1.73 bits per heavy atom. The monoisotopic (exact) mass is 423 g/mol. The van der Waals surface area contributed by atoms with Crippen molar-refractivity contribution in [1.29, 1.82) is 0 Å². The van der Waals surface area contributed by atoms with E-state index in [1.54, 1.807) is 0 Å². The maximum atomic E-state index is 12.8. The van der Waals surface area contributed by atoms with Crippen LogP contribution in [-0.2, 0) is 6.54 Å². The van der Waals surface area contributed by atoms with E-state index in [0.29, 0.717) is 11.7 Å². The van der Waals surface area contributed by atoms with Crippen LogP contribution in [-0.4, -0.2) is 42.2 Å². The summed E-state index contributed by atoms with van der Waals surface area (Å²) in [6.07, 6.45) is 0. The molecule has 0 fully saturated rings. The smallest absolute Gasteiger partial charge is 0.253 e. The molecule has 3 rings (SSSR count). The zero-order chi connectivity index (χ0) is 21.8. The lowest BCUT2D eigenvalue weighted by Crippen LogP contribution is -3.06. The van der Waals surface area contributed by atoms with Crippen LogP contribution in [0, 0.1) is 20.8 Å². The molecule has 0 saturated heterocycles. The topological polar surface area (TPSA) is 52.6 Å². The number of aromatic amines is 1. The molecule has 0 unspecified atom stereocenters. The Morgan fingerprint density at radius 3 is 2.40 bits per heavy atom. The molecule has 0 aliphatic rings. The van der Waals surface area contributed by atoms with Gasteiger partial charge in [-0.05, 0) is 62.3 Å². The SMILES string of the molecule is Cc1ccc(NC(=S)N(CC[NH+](C)C)Cc2cc3c(C)ccc(C)c3[nH]c2=O)cc1. The van der Waals surface area contributed by atoms with Gasteiger partial charge in [0.2, 0.25) is 0 Å². The Balaban J connectivity index is 1.89. The molecule has 0 bridgehead atoms. The number of rotatable bonds is 6. The predicted molar refractivity (Wildman–Crippen MR) is 130 cm³/mol. The zero-order valence-electron chi connectivity index (χ0n) is 18.4.